The lowest BCUT2D eigenvalue weighted by Gasteiger charge is -2.08. The predicted molar refractivity (Wildman–Crippen MR) is 83.3 cm³/mol. The van der Waals surface area contributed by atoms with E-state index in [2.05, 4.69) is 15.3 Å². The van der Waals surface area contributed by atoms with E-state index in [-0.39, 0.29) is 5.56 Å². The number of hydrogen-bond acceptors (Lipinski definition) is 3. The van der Waals surface area contributed by atoms with Gasteiger partial charge in [0.1, 0.15) is 0 Å². The molecular weight excluding hydrogens is 300 g/mol. The summed E-state index contributed by atoms with van der Waals surface area (Å²) >= 11 is 0. The van der Waals surface area contributed by atoms with E-state index in [0.717, 1.165) is 29.0 Å². The third-order valence-corrected chi connectivity index (χ3v) is 3.51. The maximum absolute atomic E-state index is 13.2. The summed E-state index contributed by atoms with van der Waals surface area (Å²) in [6.45, 7) is 3.73. The van der Waals surface area contributed by atoms with Crippen LogP contribution in [0.2, 0.25) is 0 Å². The highest BCUT2D eigenvalue weighted by Gasteiger charge is 2.11. The monoisotopic (exact) mass is 313 g/mol. The van der Waals surface area contributed by atoms with Crippen LogP contribution in [0.15, 0.2) is 36.4 Å². The van der Waals surface area contributed by atoms with E-state index in [4.69, 9.17) is 0 Å². The maximum atomic E-state index is 13.2. The van der Waals surface area contributed by atoms with Crippen LogP contribution in [0.3, 0.4) is 0 Å². The van der Waals surface area contributed by atoms with Crippen LogP contribution in [0.25, 0.3) is 11.0 Å². The number of aryl methyl sites for hydroxylation is 2. The Labute approximate surface area is 131 Å². The van der Waals surface area contributed by atoms with E-state index in [1.54, 1.807) is 18.2 Å². The summed E-state index contributed by atoms with van der Waals surface area (Å²) < 4.78 is 26.1. The molecule has 1 aromatic heterocycles. The number of rotatable bonds is 2. The van der Waals surface area contributed by atoms with Crippen LogP contribution < -0.4 is 5.32 Å². The normalized spacial score (nSPS) is 10.8. The van der Waals surface area contributed by atoms with Gasteiger partial charge >= 0.3 is 0 Å². The molecule has 3 aromatic rings. The largest absolute Gasteiger partial charge is 0.322 e. The van der Waals surface area contributed by atoms with E-state index >= 15 is 0 Å². The summed E-state index contributed by atoms with van der Waals surface area (Å²) in [5.41, 5.74) is 3.56. The lowest BCUT2D eigenvalue weighted by molar-refractivity contribution is 0.102. The Kier molecular flexibility index (Phi) is 3.73. The average molecular weight is 313 g/mol. The topological polar surface area (TPSA) is 54.9 Å². The molecule has 0 atom stereocenters. The van der Waals surface area contributed by atoms with Gasteiger partial charge in [-0.25, -0.2) is 18.7 Å². The van der Waals surface area contributed by atoms with Crippen molar-refractivity contribution in [3.8, 4) is 0 Å². The van der Waals surface area contributed by atoms with Crippen molar-refractivity contribution < 1.29 is 13.6 Å². The van der Waals surface area contributed by atoms with Crippen LogP contribution in [0.4, 0.5) is 14.5 Å². The number of carbonyl (C=O) groups excluding carboxylic acids is 1. The molecule has 2 aromatic carbocycles. The Morgan fingerprint density at radius 3 is 2.30 bits per heavy atom. The fraction of sp³-hybridized carbons (Fsp3) is 0.118. The molecule has 0 fully saturated rings. The average Bonchev–Trinajstić information content (AvgIpc) is 2.51. The summed E-state index contributed by atoms with van der Waals surface area (Å²) in [6, 6.07) is 8.12. The molecule has 1 heterocycles. The smallest absolute Gasteiger partial charge is 0.255 e. The SMILES string of the molecule is Cc1nc2ccc(NC(=O)c3ccc(F)c(F)c3)cc2nc1C. The Bertz CT molecular complexity index is 925. The van der Waals surface area contributed by atoms with Crippen molar-refractivity contribution >= 4 is 22.6 Å². The summed E-state index contributed by atoms with van der Waals surface area (Å²) in [5.74, 6) is -2.58. The number of nitrogens with one attached hydrogen (secondary N) is 1. The van der Waals surface area contributed by atoms with Crippen LogP contribution in [0.1, 0.15) is 21.7 Å². The minimum atomic E-state index is -1.06. The van der Waals surface area contributed by atoms with Crippen LogP contribution in [0, 0.1) is 25.5 Å². The molecule has 0 spiro atoms. The highest BCUT2D eigenvalue weighted by Crippen LogP contribution is 2.18. The number of anilines is 1. The molecule has 1 amide bonds. The van der Waals surface area contributed by atoms with Crippen molar-refractivity contribution in [3.05, 3.63) is 65.0 Å². The first-order valence-corrected chi connectivity index (χ1v) is 6.95. The van der Waals surface area contributed by atoms with Crippen LogP contribution in [-0.2, 0) is 0 Å². The first kappa shape index (κ1) is 15.0. The van der Waals surface area contributed by atoms with Gasteiger partial charge in [0.2, 0.25) is 0 Å². The molecule has 116 valence electrons. The van der Waals surface area contributed by atoms with Crippen molar-refractivity contribution in [1.29, 1.82) is 0 Å². The molecule has 0 saturated carbocycles. The number of halogens is 2. The van der Waals surface area contributed by atoms with Crippen molar-refractivity contribution in [3.63, 3.8) is 0 Å². The molecule has 0 saturated heterocycles. The van der Waals surface area contributed by atoms with Gasteiger partial charge in [0.25, 0.3) is 5.91 Å². The highest BCUT2D eigenvalue weighted by atomic mass is 19.2. The van der Waals surface area contributed by atoms with Crippen molar-refractivity contribution in [2.24, 2.45) is 0 Å². The highest BCUT2D eigenvalue weighted by molar-refractivity contribution is 6.04. The summed E-state index contributed by atoms with van der Waals surface area (Å²) in [6.07, 6.45) is 0. The Balaban J connectivity index is 1.90. The van der Waals surface area contributed by atoms with Gasteiger partial charge in [0, 0.05) is 11.3 Å². The van der Waals surface area contributed by atoms with Gasteiger partial charge in [-0.05, 0) is 50.2 Å². The van der Waals surface area contributed by atoms with E-state index in [9.17, 15) is 13.6 Å². The van der Waals surface area contributed by atoms with Gasteiger partial charge in [0.15, 0.2) is 11.6 Å². The summed E-state index contributed by atoms with van der Waals surface area (Å²) in [4.78, 5) is 20.9. The first-order valence-electron chi connectivity index (χ1n) is 6.95. The Morgan fingerprint density at radius 1 is 0.913 bits per heavy atom. The van der Waals surface area contributed by atoms with Crippen molar-refractivity contribution in [1.82, 2.24) is 9.97 Å². The zero-order valence-corrected chi connectivity index (χ0v) is 12.5. The zero-order chi connectivity index (χ0) is 16.6. The minimum absolute atomic E-state index is 0.0372. The fourth-order valence-corrected chi connectivity index (χ4v) is 2.15. The van der Waals surface area contributed by atoms with Gasteiger partial charge in [-0.2, -0.15) is 0 Å². The Morgan fingerprint density at radius 2 is 1.61 bits per heavy atom. The number of benzene rings is 2. The lowest BCUT2D eigenvalue weighted by Crippen LogP contribution is -2.12. The van der Waals surface area contributed by atoms with Gasteiger partial charge in [-0.1, -0.05) is 0 Å². The number of carbonyl (C=O) groups is 1. The maximum Gasteiger partial charge on any atom is 0.255 e. The number of fused-ring (bicyclic) bond motifs is 1. The standard InChI is InChI=1S/C17H13F2N3O/c1-9-10(2)21-16-8-12(4-6-15(16)20-9)22-17(23)11-3-5-13(18)14(19)7-11/h3-8H,1-2H3,(H,22,23). The Hall–Kier alpha value is -2.89. The van der Waals surface area contributed by atoms with Crippen LogP contribution in [0.5, 0.6) is 0 Å². The van der Waals surface area contributed by atoms with Gasteiger partial charge < -0.3 is 5.32 Å². The quantitative estimate of drug-likeness (QED) is 0.783. The number of amides is 1. The van der Waals surface area contributed by atoms with E-state index < -0.39 is 17.5 Å². The second kappa shape index (κ2) is 5.72. The minimum Gasteiger partial charge on any atom is -0.322 e. The van der Waals surface area contributed by atoms with Gasteiger partial charge in [-0.3, -0.25) is 4.79 Å². The van der Waals surface area contributed by atoms with Crippen LogP contribution >= 0.6 is 0 Å². The van der Waals surface area contributed by atoms with E-state index in [1.807, 2.05) is 13.8 Å². The molecule has 3 rings (SSSR count). The molecule has 0 unspecified atom stereocenters. The molecule has 1 N–H and O–H groups in total. The fourth-order valence-electron chi connectivity index (χ4n) is 2.15. The molecule has 0 aliphatic rings. The van der Waals surface area contributed by atoms with Gasteiger partial charge in [0.05, 0.1) is 22.4 Å². The molecule has 0 bridgehead atoms. The van der Waals surface area contributed by atoms with Crippen molar-refractivity contribution in [2.45, 2.75) is 13.8 Å². The molecule has 23 heavy (non-hydrogen) atoms. The third kappa shape index (κ3) is 3.01. The number of hydrogen-bond donors (Lipinski definition) is 1. The van der Waals surface area contributed by atoms with E-state index in [1.165, 1.54) is 6.07 Å². The molecule has 0 aliphatic carbocycles. The number of nitrogens with zero attached hydrogens (tertiary/aromatic N) is 2. The predicted octanol–water partition coefficient (Wildman–Crippen LogP) is 3.78. The van der Waals surface area contributed by atoms with Gasteiger partial charge in [-0.15, -0.1) is 0 Å². The molecule has 6 heteroatoms. The zero-order valence-electron chi connectivity index (χ0n) is 12.5. The summed E-state index contributed by atoms with van der Waals surface area (Å²) in [5, 5.41) is 2.64. The number of aromatic nitrogens is 2. The van der Waals surface area contributed by atoms with Crippen LogP contribution in [-0.4, -0.2) is 15.9 Å². The summed E-state index contributed by atoms with van der Waals surface area (Å²) in [7, 11) is 0. The second-order valence-corrected chi connectivity index (χ2v) is 5.18. The first-order chi connectivity index (χ1) is 10.9. The molecule has 0 radical (unpaired) electrons. The molecule has 4 nitrogen and oxygen atoms in total. The third-order valence-electron chi connectivity index (χ3n) is 3.51. The lowest BCUT2D eigenvalue weighted by atomic mass is 10.2. The molecule has 0 aliphatic heterocycles. The van der Waals surface area contributed by atoms with E-state index in [0.29, 0.717) is 11.2 Å². The van der Waals surface area contributed by atoms with Crippen molar-refractivity contribution in [2.75, 3.05) is 5.32 Å². The molecular formula is C17H13F2N3O. The second-order valence-electron chi connectivity index (χ2n) is 5.18.